The van der Waals surface area contributed by atoms with Crippen LogP contribution in [0.15, 0.2) is 36.4 Å². The van der Waals surface area contributed by atoms with Gasteiger partial charge in [0.25, 0.3) is 0 Å². The van der Waals surface area contributed by atoms with E-state index in [-0.39, 0.29) is 17.0 Å². The molecule has 0 atom stereocenters. The van der Waals surface area contributed by atoms with Crippen molar-refractivity contribution >= 4 is 34.2 Å². The molecule has 0 fully saturated rings. The van der Waals surface area contributed by atoms with Crippen molar-refractivity contribution in [1.82, 2.24) is 4.90 Å². The first-order valence-electron chi connectivity index (χ1n) is 5.43. The van der Waals surface area contributed by atoms with Crippen molar-refractivity contribution in [2.75, 3.05) is 25.5 Å². The molecule has 0 saturated heterocycles. The van der Waals surface area contributed by atoms with Crippen molar-refractivity contribution < 1.29 is 0 Å². The summed E-state index contributed by atoms with van der Waals surface area (Å²) < 4.78 is 0. The van der Waals surface area contributed by atoms with E-state index >= 15 is 0 Å². The highest BCUT2D eigenvalue weighted by Crippen LogP contribution is 2.21. The fourth-order valence-electron chi connectivity index (χ4n) is 1.95. The van der Waals surface area contributed by atoms with Gasteiger partial charge in [0.05, 0.1) is 0 Å². The van der Waals surface area contributed by atoms with Gasteiger partial charge >= 0.3 is 0 Å². The number of hydrogen-bond donors (Lipinski definition) is 0. The highest BCUT2D eigenvalue weighted by Gasteiger charge is 2.11. The molecule has 0 saturated carbocycles. The Bertz CT molecular complexity index is 337. The molecule has 0 aromatic heterocycles. The fourth-order valence-corrected chi connectivity index (χ4v) is 2.19. The second kappa shape index (κ2) is 7.10. The SMILES string of the molecule is Br.ClCCN1CC=C(c2ccccc2)CC1. The number of nitrogens with zero attached hydrogens (tertiary/aromatic N) is 1. The van der Waals surface area contributed by atoms with Gasteiger partial charge in [-0.1, -0.05) is 36.4 Å². The van der Waals surface area contributed by atoms with E-state index < -0.39 is 0 Å². The van der Waals surface area contributed by atoms with Crippen LogP contribution in [-0.4, -0.2) is 30.4 Å². The maximum atomic E-state index is 5.73. The maximum Gasteiger partial charge on any atom is 0.0351 e. The highest BCUT2D eigenvalue weighted by molar-refractivity contribution is 8.93. The molecular weight excluding hydrogens is 286 g/mol. The third kappa shape index (κ3) is 3.62. The Morgan fingerprint density at radius 3 is 2.50 bits per heavy atom. The van der Waals surface area contributed by atoms with Crippen molar-refractivity contribution in [2.24, 2.45) is 0 Å². The Morgan fingerprint density at radius 2 is 1.94 bits per heavy atom. The maximum absolute atomic E-state index is 5.73. The van der Waals surface area contributed by atoms with Crippen LogP contribution < -0.4 is 0 Å². The Morgan fingerprint density at radius 1 is 1.19 bits per heavy atom. The lowest BCUT2D eigenvalue weighted by molar-refractivity contribution is 0.320. The predicted octanol–water partition coefficient (Wildman–Crippen LogP) is 3.59. The molecule has 1 aromatic carbocycles. The molecule has 2 rings (SSSR count). The van der Waals surface area contributed by atoms with Crippen LogP contribution in [-0.2, 0) is 0 Å². The van der Waals surface area contributed by atoms with Gasteiger partial charge in [-0.2, -0.15) is 0 Å². The third-order valence-corrected chi connectivity index (χ3v) is 3.01. The van der Waals surface area contributed by atoms with E-state index in [2.05, 4.69) is 41.3 Å². The number of benzene rings is 1. The summed E-state index contributed by atoms with van der Waals surface area (Å²) in [5.74, 6) is 0.731. The zero-order chi connectivity index (χ0) is 10.5. The van der Waals surface area contributed by atoms with E-state index in [4.69, 9.17) is 11.6 Å². The normalized spacial score (nSPS) is 16.4. The van der Waals surface area contributed by atoms with Crippen LogP contribution in [0.25, 0.3) is 5.57 Å². The zero-order valence-electron chi connectivity index (χ0n) is 9.23. The molecule has 0 radical (unpaired) electrons. The van der Waals surface area contributed by atoms with Gasteiger partial charge in [0, 0.05) is 25.5 Å². The summed E-state index contributed by atoms with van der Waals surface area (Å²) in [7, 11) is 0. The van der Waals surface area contributed by atoms with E-state index in [9.17, 15) is 0 Å². The van der Waals surface area contributed by atoms with Gasteiger partial charge in [-0.3, -0.25) is 4.90 Å². The van der Waals surface area contributed by atoms with Gasteiger partial charge in [0.1, 0.15) is 0 Å². The van der Waals surface area contributed by atoms with Gasteiger partial charge in [0.2, 0.25) is 0 Å². The van der Waals surface area contributed by atoms with Gasteiger partial charge in [-0.05, 0) is 17.6 Å². The molecule has 0 aliphatic carbocycles. The summed E-state index contributed by atoms with van der Waals surface area (Å²) >= 11 is 5.73. The summed E-state index contributed by atoms with van der Waals surface area (Å²) in [4.78, 5) is 2.39. The topological polar surface area (TPSA) is 3.24 Å². The monoisotopic (exact) mass is 301 g/mol. The lowest BCUT2D eigenvalue weighted by Crippen LogP contribution is -2.30. The molecule has 0 unspecified atom stereocenters. The van der Waals surface area contributed by atoms with Crippen LogP contribution in [0.3, 0.4) is 0 Å². The molecule has 0 amide bonds. The van der Waals surface area contributed by atoms with Crippen molar-refractivity contribution in [3.8, 4) is 0 Å². The van der Waals surface area contributed by atoms with Crippen LogP contribution in [0.2, 0.25) is 0 Å². The van der Waals surface area contributed by atoms with E-state index in [0.29, 0.717) is 0 Å². The zero-order valence-corrected chi connectivity index (χ0v) is 11.7. The molecule has 1 aromatic rings. The second-order valence-corrected chi connectivity index (χ2v) is 4.21. The average Bonchev–Trinajstić information content (AvgIpc) is 2.32. The van der Waals surface area contributed by atoms with Crippen LogP contribution in [0, 0.1) is 0 Å². The third-order valence-electron chi connectivity index (χ3n) is 2.84. The Labute approximate surface area is 113 Å². The Kier molecular flexibility index (Phi) is 6.10. The Balaban J connectivity index is 0.00000128. The van der Waals surface area contributed by atoms with Crippen molar-refractivity contribution in [3.63, 3.8) is 0 Å². The first-order chi connectivity index (χ1) is 7.40. The van der Waals surface area contributed by atoms with Crippen LogP contribution >= 0.6 is 28.6 Å². The molecule has 0 N–H and O–H groups in total. The lowest BCUT2D eigenvalue weighted by atomic mass is 10.00. The predicted molar refractivity (Wildman–Crippen MR) is 76.5 cm³/mol. The highest BCUT2D eigenvalue weighted by atomic mass is 79.9. The smallest absolute Gasteiger partial charge is 0.0351 e. The fraction of sp³-hybridized carbons (Fsp3) is 0.385. The van der Waals surface area contributed by atoms with Gasteiger partial charge in [-0.15, -0.1) is 28.6 Å². The van der Waals surface area contributed by atoms with E-state index in [0.717, 1.165) is 31.9 Å². The molecule has 16 heavy (non-hydrogen) atoms. The summed E-state index contributed by atoms with van der Waals surface area (Å²) in [5.41, 5.74) is 2.84. The first-order valence-corrected chi connectivity index (χ1v) is 5.96. The number of alkyl halides is 1. The molecule has 1 nitrogen and oxygen atoms in total. The number of rotatable bonds is 3. The van der Waals surface area contributed by atoms with E-state index in [1.807, 2.05) is 0 Å². The first kappa shape index (κ1) is 13.8. The Hall–Kier alpha value is -0.310. The number of halogens is 2. The van der Waals surface area contributed by atoms with Gasteiger partial charge in [0.15, 0.2) is 0 Å². The summed E-state index contributed by atoms with van der Waals surface area (Å²) in [5, 5.41) is 0. The van der Waals surface area contributed by atoms with E-state index in [1.165, 1.54) is 11.1 Å². The van der Waals surface area contributed by atoms with Crippen LogP contribution in [0.4, 0.5) is 0 Å². The van der Waals surface area contributed by atoms with Gasteiger partial charge < -0.3 is 0 Å². The minimum Gasteiger partial charge on any atom is -0.298 e. The van der Waals surface area contributed by atoms with Crippen LogP contribution in [0.1, 0.15) is 12.0 Å². The lowest BCUT2D eigenvalue weighted by Gasteiger charge is -2.25. The summed E-state index contributed by atoms with van der Waals surface area (Å²) in [6.45, 7) is 3.17. The minimum atomic E-state index is 0. The molecule has 0 bridgehead atoms. The molecule has 1 aliphatic heterocycles. The summed E-state index contributed by atoms with van der Waals surface area (Å²) in [6, 6.07) is 10.6. The molecule has 1 aliphatic rings. The molecular formula is C13H17BrClN. The van der Waals surface area contributed by atoms with Gasteiger partial charge in [-0.25, -0.2) is 0 Å². The largest absolute Gasteiger partial charge is 0.298 e. The van der Waals surface area contributed by atoms with Crippen LogP contribution in [0.5, 0.6) is 0 Å². The molecule has 0 spiro atoms. The van der Waals surface area contributed by atoms with Crippen molar-refractivity contribution in [1.29, 1.82) is 0 Å². The standard InChI is InChI=1S/C13H16ClN.BrH/c14-8-11-15-9-6-13(7-10-15)12-4-2-1-3-5-12;/h1-6H,7-11H2;1H. The molecule has 88 valence electrons. The quantitative estimate of drug-likeness (QED) is 0.771. The number of hydrogen-bond acceptors (Lipinski definition) is 1. The average molecular weight is 303 g/mol. The second-order valence-electron chi connectivity index (χ2n) is 3.83. The molecule has 1 heterocycles. The van der Waals surface area contributed by atoms with E-state index in [1.54, 1.807) is 0 Å². The minimum absolute atomic E-state index is 0. The van der Waals surface area contributed by atoms with Crippen molar-refractivity contribution in [3.05, 3.63) is 42.0 Å². The van der Waals surface area contributed by atoms with Crippen molar-refractivity contribution in [2.45, 2.75) is 6.42 Å². The summed E-state index contributed by atoms with van der Waals surface area (Å²) in [6.07, 6.45) is 3.46. The molecule has 3 heteroatoms.